The van der Waals surface area contributed by atoms with Crippen molar-refractivity contribution in [3.63, 3.8) is 0 Å². The number of hydrogen-bond donors (Lipinski definition) is 2. The van der Waals surface area contributed by atoms with Gasteiger partial charge in [0.25, 0.3) is 11.5 Å². The molecule has 7 nitrogen and oxygen atoms in total. The summed E-state index contributed by atoms with van der Waals surface area (Å²) in [5.74, 6) is -0.400. The zero-order valence-electron chi connectivity index (χ0n) is 15.7. The lowest BCUT2D eigenvalue weighted by atomic mass is 9.86. The van der Waals surface area contributed by atoms with Gasteiger partial charge in [0.2, 0.25) is 0 Å². The molecule has 1 aromatic carbocycles. The summed E-state index contributed by atoms with van der Waals surface area (Å²) in [5, 5.41) is 10.4. The number of carbonyl (C=O) groups excluding carboxylic acids is 2. The average molecular weight is 371 g/mol. The molecule has 1 aliphatic carbocycles. The fourth-order valence-corrected chi connectivity index (χ4v) is 3.57. The molecule has 1 aliphatic rings. The van der Waals surface area contributed by atoms with Gasteiger partial charge in [0.05, 0.1) is 17.5 Å². The summed E-state index contributed by atoms with van der Waals surface area (Å²) in [6, 6.07) is 7.07. The quantitative estimate of drug-likeness (QED) is 0.784. The van der Waals surface area contributed by atoms with Crippen molar-refractivity contribution in [2.24, 2.45) is 5.92 Å². The van der Waals surface area contributed by atoms with E-state index in [1.165, 1.54) is 6.42 Å². The smallest absolute Gasteiger partial charge is 0.312 e. The molecule has 0 bridgehead atoms. The molecule has 0 radical (unpaired) electrons. The highest BCUT2D eigenvalue weighted by Gasteiger charge is 2.26. The van der Waals surface area contributed by atoms with Gasteiger partial charge in [-0.05, 0) is 31.7 Å². The minimum Gasteiger partial charge on any atom is -0.452 e. The molecule has 1 heterocycles. The molecule has 0 unspecified atom stereocenters. The van der Waals surface area contributed by atoms with Gasteiger partial charge in [0, 0.05) is 11.4 Å². The predicted molar refractivity (Wildman–Crippen MR) is 101 cm³/mol. The molecule has 1 saturated carbocycles. The lowest BCUT2D eigenvalue weighted by molar-refractivity contribution is -0.154. The summed E-state index contributed by atoms with van der Waals surface area (Å²) in [6.07, 6.45) is 3.37. The molecule has 1 aromatic heterocycles. The molecule has 3 rings (SSSR count). The van der Waals surface area contributed by atoms with Crippen molar-refractivity contribution in [2.75, 3.05) is 0 Å². The SMILES string of the molecule is C[C@@H](OC(=O)Cc1n[nH]c(=O)c2ccccc12)C(=O)N[C@@H]1CCCC[C@@H]1C. The molecule has 0 aliphatic heterocycles. The van der Waals surface area contributed by atoms with Crippen molar-refractivity contribution < 1.29 is 14.3 Å². The minimum absolute atomic E-state index is 0.116. The number of H-pyrrole nitrogens is 1. The number of benzene rings is 1. The molecular weight excluding hydrogens is 346 g/mol. The second-order valence-corrected chi connectivity index (χ2v) is 7.23. The predicted octanol–water partition coefficient (Wildman–Crippen LogP) is 2.09. The van der Waals surface area contributed by atoms with Crippen LogP contribution in [0.3, 0.4) is 0 Å². The molecular formula is C20H25N3O4. The van der Waals surface area contributed by atoms with E-state index >= 15 is 0 Å². The average Bonchev–Trinajstić information content (AvgIpc) is 2.66. The number of ether oxygens (including phenoxy) is 1. The van der Waals surface area contributed by atoms with Crippen molar-refractivity contribution in [1.29, 1.82) is 0 Å². The summed E-state index contributed by atoms with van der Waals surface area (Å²) >= 11 is 0. The van der Waals surface area contributed by atoms with E-state index in [9.17, 15) is 14.4 Å². The van der Waals surface area contributed by atoms with E-state index in [1.54, 1.807) is 31.2 Å². The second-order valence-electron chi connectivity index (χ2n) is 7.23. The number of amides is 1. The summed E-state index contributed by atoms with van der Waals surface area (Å²) in [4.78, 5) is 36.4. The monoisotopic (exact) mass is 371 g/mol. The molecule has 3 atom stereocenters. The van der Waals surface area contributed by atoms with Crippen LogP contribution in [0.1, 0.15) is 45.2 Å². The number of fused-ring (bicyclic) bond motifs is 1. The molecule has 7 heteroatoms. The molecule has 1 amide bonds. The number of aromatic nitrogens is 2. The van der Waals surface area contributed by atoms with Gasteiger partial charge in [-0.3, -0.25) is 14.4 Å². The zero-order valence-corrected chi connectivity index (χ0v) is 15.7. The van der Waals surface area contributed by atoms with E-state index in [0.717, 1.165) is 19.3 Å². The third-order valence-electron chi connectivity index (χ3n) is 5.20. The van der Waals surface area contributed by atoms with Crippen LogP contribution in [0.15, 0.2) is 29.1 Å². The van der Waals surface area contributed by atoms with Crippen LogP contribution in [0, 0.1) is 5.92 Å². The summed E-state index contributed by atoms with van der Waals surface area (Å²) in [7, 11) is 0. The van der Waals surface area contributed by atoms with Crippen LogP contribution in [0.2, 0.25) is 0 Å². The van der Waals surface area contributed by atoms with Crippen LogP contribution in [-0.4, -0.2) is 34.2 Å². The van der Waals surface area contributed by atoms with Gasteiger partial charge in [-0.2, -0.15) is 5.10 Å². The third-order valence-corrected chi connectivity index (χ3v) is 5.20. The lowest BCUT2D eigenvalue weighted by Crippen LogP contribution is -2.46. The molecule has 2 N–H and O–H groups in total. The van der Waals surface area contributed by atoms with Crippen molar-refractivity contribution in [3.8, 4) is 0 Å². The standard InChI is InChI=1S/C20H25N3O4/c1-12-7-3-6-10-16(12)21-19(25)13(2)27-18(24)11-17-14-8-4-5-9-15(14)20(26)23-22-17/h4-5,8-9,12-13,16H,3,6-7,10-11H2,1-2H3,(H,21,25)(H,23,26)/t12-,13+,16+/m0/s1. The molecule has 0 spiro atoms. The van der Waals surface area contributed by atoms with Gasteiger partial charge in [-0.15, -0.1) is 0 Å². The topological polar surface area (TPSA) is 101 Å². The lowest BCUT2D eigenvalue weighted by Gasteiger charge is -2.30. The van der Waals surface area contributed by atoms with Crippen LogP contribution < -0.4 is 10.9 Å². The highest BCUT2D eigenvalue weighted by atomic mass is 16.5. The highest BCUT2D eigenvalue weighted by molar-refractivity contribution is 5.88. The first kappa shape index (κ1) is 19.1. The first-order valence-electron chi connectivity index (χ1n) is 9.42. The minimum atomic E-state index is -0.874. The number of nitrogens with one attached hydrogen (secondary N) is 2. The van der Waals surface area contributed by atoms with Crippen LogP contribution in [-0.2, 0) is 20.7 Å². The van der Waals surface area contributed by atoms with Crippen LogP contribution in [0.5, 0.6) is 0 Å². The fraction of sp³-hybridized carbons (Fsp3) is 0.500. The van der Waals surface area contributed by atoms with Crippen molar-refractivity contribution in [3.05, 3.63) is 40.3 Å². The Morgan fingerprint density at radius 3 is 2.70 bits per heavy atom. The third kappa shape index (κ3) is 4.53. The van der Waals surface area contributed by atoms with E-state index in [2.05, 4.69) is 22.4 Å². The number of carbonyl (C=O) groups is 2. The van der Waals surface area contributed by atoms with Gasteiger partial charge < -0.3 is 10.1 Å². The largest absolute Gasteiger partial charge is 0.452 e. The fourth-order valence-electron chi connectivity index (χ4n) is 3.57. The molecule has 2 aromatic rings. The van der Waals surface area contributed by atoms with E-state index in [-0.39, 0.29) is 23.9 Å². The first-order valence-corrected chi connectivity index (χ1v) is 9.42. The Balaban J connectivity index is 1.61. The molecule has 1 fully saturated rings. The van der Waals surface area contributed by atoms with Crippen molar-refractivity contribution >= 4 is 22.6 Å². The Hall–Kier alpha value is -2.70. The van der Waals surface area contributed by atoms with Crippen LogP contribution >= 0.6 is 0 Å². The number of esters is 1. The Bertz CT molecular complexity index is 892. The van der Waals surface area contributed by atoms with Crippen LogP contribution in [0.25, 0.3) is 10.8 Å². The number of rotatable bonds is 5. The maximum Gasteiger partial charge on any atom is 0.312 e. The normalized spacial score (nSPS) is 20.8. The number of hydrogen-bond acceptors (Lipinski definition) is 5. The van der Waals surface area contributed by atoms with E-state index in [0.29, 0.717) is 22.4 Å². The summed E-state index contributed by atoms with van der Waals surface area (Å²) < 4.78 is 5.29. The van der Waals surface area contributed by atoms with Gasteiger partial charge in [-0.1, -0.05) is 38.0 Å². The number of aromatic amines is 1. The second kappa shape index (κ2) is 8.33. The van der Waals surface area contributed by atoms with Crippen molar-refractivity contribution in [2.45, 2.75) is 58.1 Å². The number of nitrogens with zero attached hydrogens (tertiary/aromatic N) is 1. The maximum absolute atomic E-state index is 12.4. The first-order chi connectivity index (χ1) is 13.0. The summed E-state index contributed by atoms with van der Waals surface area (Å²) in [5.41, 5.74) is 0.112. The maximum atomic E-state index is 12.4. The summed E-state index contributed by atoms with van der Waals surface area (Å²) in [6.45, 7) is 3.70. The van der Waals surface area contributed by atoms with Gasteiger partial charge in [-0.25, -0.2) is 5.10 Å². The van der Waals surface area contributed by atoms with E-state index < -0.39 is 12.1 Å². The van der Waals surface area contributed by atoms with Gasteiger partial charge in [0.1, 0.15) is 0 Å². The van der Waals surface area contributed by atoms with Crippen LogP contribution in [0.4, 0.5) is 0 Å². The zero-order chi connectivity index (χ0) is 19.4. The van der Waals surface area contributed by atoms with E-state index in [4.69, 9.17) is 4.74 Å². The van der Waals surface area contributed by atoms with Gasteiger partial charge in [0.15, 0.2) is 6.10 Å². The molecule has 144 valence electrons. The van der Waals surface area contributed by atoms with Crippen molar-refractivity contribution in [1.82, 2.24) is 15.5 Å². The molecule has 27 heavy (non-hydrogen) atoms. The van der Waals surface area contributed by atoms with E-state index in [1.807, 2.05) is 0 Å². The Morgan fingerprint density at radius 2 is 1.96 bits per heavy atom. The van der Waals surface area contributed by atoms with Gasteiger partial charge >= 0.3 is 5.97 Å². The Morgan fingerprint density at radius 1 is 1.26 bits per heavy atom. The highest BCUT2D eigenvalue weighted by Crippen LogP contribution is 2.23. The Kier molecular flexibility index (Phi) is 5.88. The molecule has 0 saturated heterocycles. The Labute approximate surface area is 157 Å².